The van der Waals surface area contributed by atoms with Crippen LogP contribution in [0.15, 0.2) is 42.5 Å². The van der Waals surface area contributed by atoms with Gasteiger partial charge in [-0.05, 0) is 36.2 Å². The van der Waals surface area contributed by atoms with Crippen molar-refractivity contribution in [3.05, 3.63) is 64.2 Å². The van der Waals surface area contributed by atoms with Gasteiger partial charge in [-0.3, -0.25) is 4.79 Å². The molecule has 0 aliphatic carbocycles. The molecule has 0 saturated heterocycles. The zero-order chi connectivity index (χ0) is 16.8. The molecule has 0 unspecified atom stereocenters. The van der Waals surface area contributed by atoms with Crippen LogP contribution in [-0.4, -0.2) is 18.5 Å². The predicted octanol–water partition coefficient (Wildman–Crippen LogP) is 2.70. The van der Waals surface area contributed by atoms with E-state index < -0.39 is 11.9 Å². The van der Waals surface area contributed by atoms with E-state index in [1.165, 1.54) is 0 Å². The lowest BCUT2D eigenvalue weighted by Crippen LogP contribution is -2.28. The highest BCUT2D eigenvalue weighted by Crippen LogP contribution is 2.17. The summed E-state index contributed by atoms with van der Waals surface area (Å²) >= 11 is 5.86. The lowest BCUT2D eigenvalue weighted by atomic mass is 10.1. The fraction of sp³-hybridized carbons (Fsp3) is 0.176. The van der Waals surface area contributed by atoms with Gasteiger partial charge in [-0.2, -0.15) is 0 Å². The number of ether oxygens (including phenoxy) is 1. The van der Waals surface area contributed by atoms with E-state index >= 15 is 0 Å². The fourth-order valence-electron chi connectivity index (χ4n) is 1.97. The molecule has 0 heterocycles. The number of hydrogen-bond acceptors (Lipinski definition) is 4. The normalized spacial score (nSPS) is 10.2. The van der Waals surface area contributed by atoms with Gasteiger partial charge in [0.25, 0.3) is 5.91 Å². The smallest absolute Gasteiger partial charge is 0.340 e. The van der Waals surface area contributed by atoms with Crippen LogP contribution in [-0.2, 0) is 16.1 Å². The van der Waals surface area contributed by atoms with Crippen LogP contribution in [0.3, 0.4) is 0 Å². The van der Waals surface area contributed by atoms with Gasteiger partial charge in [0.2, 0.25) is 0 Å². The Morgan fingerprint density at radius 1 is 1.22 bits per heavy atom. The van der Waals surface area contributed by atoms with Gasteiger partial charge in [0.15, 0.2) is 6.61 Å². The zero-order valence-electron chi connectivity index (χ0n) is 12.6. The van der Waals surface area contributed by atoms with E-state index in [4.69, 9.17) is 22.1 Å². The van der Waals surface area contributed by atoms with Gasteiger partial charge in [-0.25, -0.2) is 4.79 Å². The maximum atomic E-state index is 11.9. The van der Waals surface area contributed by atoms with Gasteiger partial charge in [0.1, 0.15) is 0 Å². The Hall–Kier alpha value is -2.53. The van der Waals surface area contributed by atoms with E-state index in [0.717, 1.165) is 11.1 Å². The van der Waals surface area contributed by atoms with E-state index in [0.29, 0.717) is 17.3 Å². The number of carbonyl (C=O) groups is 2. The minimum atomic E-state index is -0.621. The lowest BCUT2D eigenvalue weighted by molar-refractivity contribution is -0.124. The highest BCUT2D eigenvalue weighted by molar-refractivity contribution is 6.30. The van der Waals surface area contributed by atoms with Crippen molar-refractivity contribution in [2.45, 2.75) is 13.5 Å². The lowest BCUT2D eigenvalue weighted by Gasteiger charge is -2.09. The Balaban J connectivity index is 1.84. The maximum absolute atomic E-state index is 11.9. The summed E-state index contributed by atoms with van der Waals surface area (Å²) in [5.74, 6) is -1.02. The summed E-state index contributed by atoms with van der Waals surface area (Å²) in [7, 11) is 0. The molecular weight excluding hydrogens is 316 g/mol. The molecule has 0 bridgehead atoms. The minimum Gasteiger partial charge on any atom is -0.452 e. The van der Waals surface area contributed by atoms with Crippen molar-refractivity contribution < 1.29 is 14.3 Å². The van der Waals surface area contributed by atoms with Crippen molar-refractivity contribution in [1.29, 1.82) is 0 Å². The molecule has 120 valence electrons. The van der Waals surface area contributed by atoms with E-state index in [-0.39, 0.29) is 12.2 Å². The number of rotatable bonds is 5. The molecule has 0 spiro atoms. The summed E-state index contributed by atoms with van der Waals surface area (Å²) in [5, 5.41) is 3.25. The number of nitrogens with one attached hydrogen (secondary N) is 1. The van der Waals surface area contributed by atoms with Crippen molar-refractivity contribution in [2.75, 3.05) is 12.3 Å². The van der Waals surface area contributed by atoms with Gasteiger partial charge < -0.3 is 15.8 Å². The monoisotopic (exact) mass is 332 g/mol. The molecule has 6 heteroatoms. The van der Waals surface area contributed by atoms with E-state index in [1.807, 2.05) is 6.07 Å². The standard InChI is InChI=1S/C17H17ClN2O3/c1-11-4-2-7-14(16(11)19)17(22)23-10-15(21)20-9-12-5-3-6-13(18)8-12/h2-8H,9-10,19H2,1H3,(H,20,21). The molecule has 5 nitrogen and oxygen atoms in total. The first kappa shape index (κ1) is 16.8. The van der Waals surface area contributed by atoms with Crippen LogP contribution in [0.25, 0.3) is 0 Å². The molecule has 0 aromatic heterocycles. The van der Waals surface area contributed by atoms with Crippen molar-refractivity contribution >= 4 is 29.2 Å². The second-order valence-corrected chi connectivity index (χ2v) is 5.46. The first-order valence-corrected chi connectivity index (χ1v) is 7.38. The minimum absolute atomic E-state index is 0.257. The van der Waals surface area contributed by atoms with Gasteiger partial charge in [0, 0.05) is 17.3 Å². The zero-order valence-corrected chi connectivity index (χ0v) is 13.4. The Bertz CT molecular complexity index is 732. The van der Waals surface area contributed by atoms with Gasteiger partial charge >= 0.3 is 5.97 Å². The third-order valence-corrected chi connectivity index (χ3v) is 3.49. The first-order valence-electron chi connectivity index (χ1n) is 7.00. The fourth-order valence-corrected chi connectivity index (χ4v) is 2.18. The maximum Gasteiger partial charge on any atom is 0.340 e. The van der Waals surface area contributed by atoms with Crippen molar-refractivity contribution in [1.82, 2.24) is 5.32 Å². The van der Waals surface area contributed by atoms with Crippen LogP contribution < -0.4 is 11.1 Å². The van der Waals surface area contributed by atoms with Crippen LogP contribution in [0.5, 0.6) is 0 Å². The summed E-state index contributed by atoms with van der Waals surface area (Å²) in [5.41, 5.74) is 8.08. The Kier molecular flexibility index (Phi) is 5.60. The third-order valence-electron chi connectivity index (χ3n) is 3.26. The van der Waals surface area contributed by atoms with E-state index in [2.05, 4.69) is 5.32 Å². The Morgan fingerprint density at radius 3 is 2.70 bits per heavy atom. The average Bonchev–Trinajstić information content (AvgIpc) is 2.53. The van der Waals surface area contributed by atoms with Crippen LogP contribution in [0.4, 0.5) is 5.69 Å². The van der Waals surface area contributed by atoms with Crippen LogP contribution in [0, 0.1) is 6.92 Å². The van der Waals surface area contributed by atoms with Crippen molar-refractivity contribution in [3.63, 3.8) is 0 Å². The number of carbonyl (C=O) groups excluding carboxylic acids is 2. The Morgan fingerprint density at radius 2 is 1.96 bits per heavy atom. The van der Waals surface area contributed by atoms with E-state index in [9.17, 15) is 9.59 Å². The molecule has 0 atom stereocenters. The number of hydrogen-bond donors (Lipinski definition) is 2. The molecule has 3 N–H and O–H groups in total. The first-order chi connectivity index (χ1) is 11.0. The third kappa shape index (κ3) is 4.72. The number of aryl methyl sites for hydroxylation is 1. The number of para-hydroxylation sites is 1. The number of nitrogens with two attached hydrogens (primary N) is 1. The molecule has 0 saturated carbocycles. The SMILES string of the molecule is Cc1cccc(C(=O)OCC(=O)NCc2cccc(Cl)c2)c1N. The molecular formula is C17H17ClN2O3. The molecule has 0 aliphatic heterocycles. The molecule has 0 aliphatic rings. The Labute approximate surface area is 139 Å². The molecule has 2 aromatic carbocycles. The molecule has 0 radical (unpaired) electrons. The summed E-state index contributed by atoms with van der Waals surface area (Å²) in [6.07, 6.45) is 0. The number of anilines is 1. The number of benzene rings is 2. The summed E-state index contributed by atoms with van der Waals surface area (Å²) in [4.78, 5) is 23.7. The number of nitrogen functional groups attached to an aromatic ring is 1. The molecule has 2 rings (SSSR count). The molecule has 1 amide bonds. The number of halogens is 1. The highest BCUT2D eigenvalue weighted by Gasteiger charge is 2.14. The number of amides is 1. The predicted molar refractivity (Wildman–Crippen MR) is 89.2 cm³/mol. The molecule has 0 fully saturated rings. The van der Waals surface area contributed by atoms with Crippen LogP contribution >= 0.6 is 11.6 Å². The second kappa shape index (κ2) is 7.65. The second-order valence-electron chi connectivity index (χ2n) is 5.02. The topological polar surface area (TPSA) is 81.4 Å². The summed E-state index contributed by atoms with van der Waals surface area (Å²) in [6.45, 7) is 1.74. The molecule has 2 aromatic rings. The van der Waals surface area contributed by atoms with Gasteiger partial charge in [-0.15, -0.1) is 0 Å². The number of esters is 1. The van der Waals surface area contributed by atoms with Crippen molar-refractivity contribution in [2.24, 2.45) is 0 Å². The summed E-state index contributed by atoms with van der Waals surface area (Å²) < 4.78 is 4.98. The van der Waals surface area contributed by atoms with Crippen molar-refractivity contribution in [3.8, 4) is 0 Å². The largest absolute Gasteiger partial charge is 0.452 e. The van der Waals surface area contributed by atoms with Gasteiger partial charge in [-0.1, -0.05) is 35.9 Å². The van der Waals surface area contributed by atoms with Gasteiger partial charge in [0.05, 0.1) is 5.56 Å². The summed E-state index contributed by atoms with van der Waals surface area (Å²) in [6, 6.07) is 12.2. The molecule has 23 heavy (non-hydrogen) atoms. The van der Waals surface area contributed by atoms with Crippen LogP contribution in [0.2, 0.25) is 5.02 Å². The quantitative estimate of drug-likeness (QED) is 0.651. The van der Waals surface area contributed by atoms with Crippen LogP contribution in [0.1, 0.15) is 21.5 Å². The van der Waals surface area contributed by atoms with E-state index in [1.54, 1.807) is 43.3 Å². The average molecular weight is 333 g/mol. The highest BCUT2D eigenvalue weighted by atomic mass is 35.5.